The molecule has 0 radical (unpaired) electrons. The first-order valence-corrected chi connectivity index (χ1v) is 4.68. The highest BCUT2D eigenvalue weighted by atomic mass is 19.4. The summed E-state index contributed by atoms with van der Waals surface area (Å²) in [6.45, 7) is 0. The van der Waals surface area contributed by atoms with Crippen molar-refractivity contribution in [3.8, 4) is 0 Å². The van der Waals surface area contributed by atoms with Crippen molar-refractivity contribution in [2.24, 2.45) is 5.73 Å². The largest absolute Gasteiger partial charge is 0.462 e. The molecule has 0 spiro atoms. The minimum absolute atomic E-state index is 0.223. The van der Waals surface area contributed by atoms with E-state index in [0.29, 0.717) is 0 Å². The normalized spacial score (nSPS) is 16.7. The van der Waals surface area contributed by atoms with Crippen LogP contribution in [-0.4, -0.2) is 42.2 Å². The van der Waals surface area contributed by atoms with Crippen molar-refractivity contribution in [1.29, 1.82) is 0 Å². The lowest BCUT2D eigenvalue weighted by molar-refractivity contribution is -0.472. The molecule has 0 bridgehead atoms. The molecule has 0 aromatic carbocycles. The summed E-state index contributed by atoms with van der Waals surface area (Å²) < 4.78 is 137. The number of rotatable bonds is 4. The Labute approximate surface area is 117 Å². The van der Waals surface area contributed by atoms with E-state index in [4.69, 9.17) is 0 Å². The van der Waals surface area contributed by atoms with Crippen LogP contribution in [0.1, 0.15) is 0 Å². The first kappa shape index (κ1) is 21.1. The van der Waals surface area contributed by atoms with Gasteiger partial charge < -0.3 is 5.73 Å². The minimum atomic E-state index is -7.31. The van der Waals surface area contributed by atoms with Crippen LogP contribution in [-0.2, 0) is 9.53 Å². The number of hydrogen-bond acceptors (Lipinski definition) is 3. The Morgan fingerprint density at radius 2 is 1.17 bits per heavy atom. The molecule has 0 saturated carbocycles. The summed E-state index contributed by atoms with van der Waals surface area (Å²) in [5.41, 5.74) is 4.08. The predicted molar refractivity (Wildman–Crippen MR) is 44.7 cm³/mol. The zero-order valence-electron chi connectivity index (χ0n) is 9.96. The van der Waals surface area contributed by atoms with E-state index in [1.165, 1.54) is 0 Å². The van der Waals surface area contributed by atoms with Gasteiger partial charge in [-0.25, -0.2) is 4.79 Å². The van der Waals surface area contributed by atoms with Crippen molar-refractivity contribution in [3.63, 3.8) is 0 Å². The van der Waals surface area contributed by atoms with Crippen molar-refractivity contribution >= 4 is 11.9 Å². The molecule has 16 heteroatoms. The number of imide groups is 1. The molecule has 5 nitrogen and oxygen atoms in total. The number of nitrogens with two attached hydrogens (primary N) is 1. The highest BCUT2D eigenvalue weighted by molar-refractivity contribution is 5.97. The van der Waals surface area contributed by atoms with E-state index in [2.05, 4.69) is 5.73 Å². The lowest BCUT2D eigenvalue weighted by Crippen LogP contribution is -2.64. The fourth-order valence-electron chi connectivity index (χ4n) is 0.831. The molecule has 1 atom stereocenters. The molecule has 0 heterocycles. The van der Waals surface area contributed by atoms with E-state index < -0.39 is 42.2 Å². The van der Waals surface area contributed by atoms with Gasteiger partial charge in [-0.15, -0.1) is 0 Å². The van der Waals surface area contributed by atoms with Crippen LogP contribution in [0.4, 0.5) is 53.1 Å². The smallest absolute Gasteiger partial charge is 0.351 e. The van der Waals surface area contributed by atoms with Gasteiger partial charge in [0.1, 0.15) is 0 Å². The maximum Gasteiger partial charge on any atom is 0.462 e. The van der Waals surface area contributed by atoms with Crippen LogP contribution in [0, 0.1) is 0 Å². The summed E-state index contributed by atoms with van der Waals surface area (Å²) in [4.78, 5) is 20.8. The monoisotopic (exact) mass is 372 g/mol. The van der Waals surface area contributed by atoms with Crippen LogP contribution < -0.4 is 11.1 Å². The van der Waals surface area contributed by atoms with E-state index >= 15 is 0 Å². The fraction of sp³-hybridized carbons (Fsp3) is 0.714. The minimum Gasteiger partial charge on any atom is -0.351 e. The predicted octanol–water partition coefficient (Wildman–Crippen LogP) is 2.22. The third-order valence-electron chi connectivity index (χ3n) is 1.88. The van der Waals surface area contributed by atoms with E-state index in [9.17, 15) is 57.9 Å². The lowest BCUT2D eigenvalue weighted by atomic mass is 10.2. The van der Waals surface area contributed by atoms with Crippen LogP contribution in [0.25, 0.3) is 0 Å². The molecule has 0 fully saturated rings. The number of halogens is 11. The Bertz CT molecular complexity index is 485. The quantitative estimate of drug-likeness (QED) is 0.743. The second-order valence-electron chi connectivity index (χ2n) is 3.60. The Morgan fingerprint density at radius 3 is 1.43 bits per heavy atom. The molecule has 3 amide bonds. The zero-order chi connectivity index (χ0) is 19.1. The van der Waals surface area contributed by atoms with Gasteiger partial charge in [0.15, 0.2) is 0 Å². The second kappa shape index (κ2) is 5.64. The van der Waals surface area contributed by atoms with E-state index in [0.717, 1.165) is 0 Å². The zero-order valence-corrected chi connectivity index (χ0v) is 9.96. The Morgan fingerprint density at radius 1 is 0.783 bits per heavy atom. The SMILES string of the molecule is NC(=O)NC(=O)[C@](F)(OC(F)(F)C(F)(F)C(F)(F)F)C(F)(F)F. The second-order valence-corrected chi connectivity index (χ2v) is 3.60. The highest BCUT2D eigenvalue weighted by Gasteiger charge is 2.79. The first-order chi connectivity index (χ1) is 9.79. The molecule has 0 aliphatic heterocycles. The van der Waals surface area contributed by atoms with E-state index in [1.54, 1.807) is 0 Å². The highest BCUT2D eigenvalue weighted by Crippen LogP contribution is 2.50. The Kier molecular flexibility index (Phi) is 5.18. The number of amides is 3. The molecule has 136 valence electrons. The van der Waals surface area contributed by atoms with Crippen molar-refractivity contribution in [3.05, 3.63) is 0 Å². The van der Waals surface area contributed by atoms with Crippen LogP contribution in [0.15, 0.2) is 0 Å². The van der Waals surface area contributed by atoms with Crippen molar-refractivity contribution in [2.45, 2.75) is 30.2 Å². The summed E-state index contributed by atoms with van der Waals surface area (Å²) in [7, 11) is 0. The number of primary amides is 1. The van der Waals surface area contributed by atoms with E-state index in [1.807, 2.05) is 4.74 Å². The van der Waals surface area contributed by atoms with Crippen molar-refractivity contribution in [2.75, 3.05) is 0 Å². The van der Waals surface area contributed by atoms with Crippen LogP contribution in [0.3, 0.4) is 0 Å². The number of urea groups is 1. The maximum atomic E-state index is 13.3. The molecule has 0 unspecified atom stereocenters. The molecule has 3 N–H and O–H groups in total. The molecule has 23 heavy (non-hydrogen) atoms. The van der Waals surface area contributed by atoms with Gasteiger partial charge in [0.2, 0.25) is 0 Å². The molecular formula is C7H3F11N2O3. The topological polar surface area (TPSA) is 81.4 Å². The summed E-state index contributed by atoms with van der Waals surface area (Å²) in [6.07, 6.45) is -21.2. The molecule has 0 saturated heterocycles. The summed E-state index contributed by atoms with van der Waals surface area (Å²) in [5.74, 6) is -17.2. The fourth-order valence-corrected chi connectivity index (χ4v) is 0.831. The molecular weight excluding hydrogens is 369 g/mol. The summed E-state index contributed by atoms with van der Waals surface area (Å²) in [6, 6.07) is -2.27. The van der Waals surface area contributed by atoms with Crippen LogP contribution in [0.5, 0.6) is 0 Å². The number of ether oxygens (including phenoxy) is 1. The van der Waals surface area contributed by atoms with E-state index in [-0.39, 0.29) is 5.32 Å². The average Bonchev–Trinajstić information content (AvgIpc) is 2.23. The molecule has 0 aliphatic rings. The van der Waals surface area contributed by atoms with Crippen LogP contribution in [0.2, 0.25) is 0 Å². The van der Waals surface area contributed by atoms with Gasteiger partial charge in [0.25, 0.3) is 0 Å². The molecule has 0 rings (SSSR count). The molecule has 0 aromatic rings. The maximum absolute atomic E-state index is 13.3. The van der Waals surface area contributed by atoms with Gasteiger partial charge in [-0.1, -0.05) is 0 Å². The average molecular weight is 372 g/mol. The van der Waals surface area contributed by atoms with Crippen molar-refractivity contribution in [1.82, 2.24) is 5.32 Å². The third kappa shape index (κ3) is 3.91. The number of nitrogens with one attached hydrogen (secondary N) is 1. The molecule has 0 aliphatic carbocycles. The van der Waals surface area contributed by atoms with Gasteiger partial charge >= 0.3 is 42.2 Å². The van der Waals surface area contributed by atoms with Gasteiger partial charge in [0.05, 0.1) is 0 Å². The Balaban J connectivity index is 5.92. The molecule has 0 aromatic heterocycles. The number of hydrogen-bond donors (Lipinski definition) is 2. The van der Waals surface area contributed by atoms with Gasteiger partial charge in [-0.2, -0.15) is 48.3 Å². The number of carbonyl (C=O) groups is 2. The summed E-state index contributed by atoms with van der Waals surface area (Å²) >= 11 is 0. The van der Waals surface area contributed by atoms with Gasteiger partial charge in [-0.3, -0.25) is 14.8 Å². The lowest BCUT2D eigenvalue weighted by Gasteiger charge is -2.33. The first-order valence-electron chi connectivity index (χ1n) is 4.68. The Hall–Kier alpha value is -1.87. The number of carbonyl (C=O) groups excluding carboxylic acids is 2. The van der Waals surface area contributed by atoms with Crippen LogP contribution >= 0.6 is 0 Å². The summed E-state index contributed by atoms with van der Waals surface area (Å²) in [5, 5.41) is 0.223. The van der Waals surface area contributed by atoms with Crippen molar-refractivity contribution < 1.29 is 62.6 Å². The number of alkyl halides is 11. The van der Waals surface area contributed by atoms with Gasteiger partial charge in [0, 0.05) is 0 Å². The third-order valence-corrected chi connectivity index (χ3v) is 1.88. The standard InChI is InChI=1S/C7H3F11N2O3/c8-3(5(11,12)13,1(21)20-2(19)22)23-7(17,18)4(9,10)6(14,15)16/h(H3,19,20,21,22)/t3-/m0/s1. The van der Waals surface area contributed by atoms with Gasteiger partial charge in [-0.05, 0) is 0 Å².